The summed E-state index contributed by atoms with van der Waals surface area (Å²) in [7, 11) is 0. The van der Waals surface area contributed by atoms with Gasteiger partial charge in [0.15, 0.2) is 0 Å². The third-order valence-electron chi connectivity index (χ3n) is 8.11. The van der Waals surface area contributed by atoms with E-state index in [9.17, 15) is 19.5 Å². The predicted octanol–water partition coefficient (Wildman–Crippen LogP) is 5.60. The summed E-state index contributed by atoms with van der Waals surface area (Å²) in [4.78, 5) is 45.9. The van der Waals surface area contributed by atoms with E-state index in [4.69, 9.17) is 17.3 Å². The molecule has 0 saturated heterocycles. The van der Waals surface area contributed by atoms with Crippen LogP contribution < -0.4 is 27.8 Å². The normalized spacial score (nSPS) is 12.5. The van der Waals surface area contributed by atoms with E-state index >= 15 is 0 Å². The van der Waals surface area contributed by atoms with E-state index < -0.39 is 16.7 Å². The molecule has 0 amide bonds. The van der Waals surface area contributed by atoms with Gasteiger partial charge in [-0.3, -0.25) is 28.5 Å². The predicted molar refractivity (Wildman–Crippen MR) is 168 cm³/mol. The molecular formula is C32H43ClN4O4. The molecule has 9 heteroatoms. The Hall–Kier alpha value is -2.97. The number of halogens is 1. The lowest BCUT2D eigenvalue weighted by molar-refractivity contribution is 0.406. The second-order valence-electron chi connectivity index (χ2n) is 11.1. The van der Waals surface area contributed by atoms with Crippen LogP contribution in [0.3, 0.4) is 0 Å². The standard InChI is InChI=1S/C32H43ClN4O4/c1-3-5-7-9-11-13-17-36-30(39)22-20-24(35-16-15-34)28-26-21(19-23(33)27(25(22)26)31(36)40)29(38)37(32(28)41)18-14-12-10-8-6-4-2/h19-20,38H,3-18,34H2,1-2H3. The molecule has 0 saturated carbocycles. The van der Waals surface area contributed by atoms with Gasteiger partial charge in [0.2, 0.25) is 5.88 Å². The van der Waals surface area contributed by atoms with Gasteiger partial charge in [-0.15, -0.1) is 0 Å². The molecule has 8 nitrogen and oxygen atoms in total. The quantitative estimate of drug-likeness (QED) is 0.132. The van der Waals surface area contributed by atoms with E-state index in [2.05, 4.69) is 18.8 Å². The zero-order valence-electron chi connectivity index (χ0n) is 24.4. The van der Waals surface area contributed by atoms with Gasteiger partial charge in [0.25, 0.3) is 16.7 Å². The van der Waals surface area contributed by atoms with Gasteiger partial charge in [-0.25, -0.2) is 0 Å². The van der Waals surface area contributed by atoms with Gasteiger partial charge < -0.3 is 10.8 Å². The van der Waals surface area contributed by atoms with Gasteiger partial charge in [-0.2, -0.15) is 0 Å². The van der Waals surface area contributed by atoms with Crippen molar-refractivity contribution in [3.63, 3.8) is 0 Å². The molecule has 1 aliphatic heterocycles. The molecule has 0 unspecified atom stereocenters. The Labute approximate surface area is 245 Å². The highest BCUT2D eigenvalue weighted by Crippen LogP contribution is 2.40. The fourth-order valence-electron chi connectivity index (χ4n) is 5.93. The third-order valence-corrected chi connectivity index (χ3v) is 8.41. The second kappa shape index (κ2) is 14.3. The van der Waals surface area contributed by atoms with Crippen LogP contribution in [0.1, 0.15) is 90.9 Å². The average Bonchev–Trinajstić information content (AvgIpc) is 2.96. The van der Waals surface area contributed by atoms with Crippen molar-refractivity contribution in [2.45, 2.75) is 104 Å². The zero-order valence-corrected chi connectivity index (χ0v) is 25.2. The number of rotatable bonds is 16. The molecule has 0 atom stereocenters. The molecule has 1 aromatic heterocycles. The number of benzene rings is 2. The van der Waals surface area contributed by atoms with Gasteiger partial charge in [-0.05, 0) is 25.0 Å². The molecule has 2 heterocycles. The molecule has 4 rings (SSSR count). The van der Waals surface area contributed by atoms with Crippen LogP contribution >= 0.6 is 11.6 Å². The van der Waals surface area contributed by atoms with Crippen molar-refractivity contribution >= 4 is 33.1 Å². The monoisotopic (exact) mass is 582 g/mol. The van der Waals surface area contributed by atoms with E-state index in [1.807, 2.05) is 0 Å². The van der Waals surface area contributed by atoms with Crippen molar-refractivity contribution in [3.8, 4) is 17.0 Å². The molecule has 41 heavy (non-hydrogen) atoms. The van der Waals surface area contributed by atoms with Crippen molar-refractivity contribution in [2.24, 2.45) is 10.7 Å². The average molecular weight is 583 g/mol. The first-order valence-electron chi connectivity index (χ1n) is 15.3. The smallest absolute Gasteiger partial charge is 0.263 e. The largest absolute Gasteiger partial charge is 0.494 e. The van der Waals surface area contributed by atoms with E-state index in [0.29, 0.717) is 41.2 Å². The van der Waals surface area contributed by atoms with Gasteiger partial charge >= 0.3 is 0 Å². The summed E-state index contributed by atoms with van der Waals surface area (Å²) in [6.07, 6.45) is 12.4. The lowest BCUT2D eigenvalue weighted by Crippen LogP contribution is -2.37. The van der Waals surface area contributed by atoms with E-state index in [1.54, 1.807) is 12.1 Å². The molecule has 0 radical (unpaired) electrons. The Morgan fingerprint density at radius 1 is 0.756 bits per heavy atom. The number of unbranched alkanes of at least 4 members (excludes halogenated alkanes) is 10. The zero-order chi connectivity index (χ0) is 29.5. The minimum Gasteiger partial charge on any atom is -0.494 e. The number of hydrogen-bond donors (Lipinski definition) is 2. The van der Waals surface area contributed by atoms with Crippen molar-refractivity contribution in [1.29, 1.82) is 0 Å². The van der Waals surface area contributed by atoms with Gasteiger partial charge in [0.05, 0.1) is 33.3 Å². The van der Waals surface area contributed by atoms with Crippen LogP contribution in [0, 0.1) is 0 Å². The summed E-state index contributed by atoms with van der Waals surface area (Å²) in [6, 6.07) is 3.15. The highest BCUT2D eigenvalue weighted by Gasteiger charge is 2.28. The fourth-order valence-corrected chi connectivity index (χ4v) is 6.21. The Morgan fingerprint density at radius 2 is 1.32 bits per heavy atom. The molecule has 0 spiro atoms. The van der Waals surface area contributed by atoms with E-state index in [-0.39, 0.29) is 40.3 Å². The topological polar surface area (TPSA) is 120 Å². The Balaban J connectivity index is 1.90. The SMILES string of the molecule is CCCCCCCCn1c(O)c2cc(Cl)c3c4c2c(c(=NCCN)cc-4c(=O)n(CCCCCCCC)c3=O)c1=O. The lowest BCUT2D eigenvalue weighted by Gasteiger charge is -2.20. The van der Waals surface area contributed by atoms with Crippen molar-refractivity contribution in [3.05, 3.63) is 53.6 Å². The molecule has 2 aliphatic rings. The fraction of sp³-hybridized carbons (Fsp3) is 0.562. The van der Waals surface area contributed by atoms with E-state index in [0.717, 1.165) is 57.8 Å². The molecule has 0 bridgehead atoms. The summed E-state index contributed by atoms with van der Waals surface area (Å²) >= 11 is 6.72. The van der Waals surface area contributed by atoms with Crippen LogP contribution in [0.15, 0.2) is 31.5 Å². The first kappa shape index (κ1) is 31.0. The number of hydrogen-bond acceptors (Lipinski definition) is 6. The minimum absolute atomic E-state index is 0.150. The highest BCUT2D eigenvalue weighted by atomic mass is 35.5. The van der Waals surface area contributed by atoms with Gasteiger partial charge in [0.1, 0.15) is 0 Å². The first-order chi connectivity index (χ1) is 19.9. The van der Waals surface area contributed by atoms with Crippen molar-refractivity contribution < 1.29 is 5.11 Å². The first-order valence-corrected chi connectivity index (χ1v) is 15.7. The van der Waals surface area contributed by atoms with Crippen LogP contribution in [0.25, 0.3) is 32.7 Å². The number of pyridine rings is 2. The Kier molecular flexibility index (Phi) is 10.8. The molecule has 2 aromatic rings. The molecule has 1 aromatic carbocycles. The molecule has 0 fully saturated rings. The number of aromatic hydroxyl groups is 1. The number of aromatic nitrogens is 2. The maximum Gasteiger partial charge on any atom is 0.263 e. The maximum atomic E-state index is 13.9. The lowest BCUT2D eigenvalue weighted by atomic mass is 9.90. The Bertz CT molecular complexity index is 1680. The highest BCUT2D eigenvalue weighted by molar-refractivity contribution is 6.37. The molecule has 3 N–H and O–H groups in total. The van der Waals surface area contributed by atoms with Crippen LogP contribution in [-0.4, -0.2) is 27.3 Å². The summed E-state index contributed by atoms with van der Waals surface area (Å²) in [6.45, 7) is 5.51. The second-order valence-corrected chi connectivity index (χ2v) is 11.5. The minimum atomic E-state index is -0.466. The van der Waals surface area contributed by atoms with Crippen LogP contribution in [0.5, 0.6) is 5.88 Å². The summed E-state index contributed by atoms with van der Waals surface area (Å²) in [5, 5.41) is 13.0. The van der Waals surface area contributed by atoms with Crippen LogP contribution in [0.2, 0.25) is 5.02 Å². The third kappa shape index (κ3) is 6.28. The van der Waals surface area contributed by atoms with Gasteiger partial charge in [-0.1, -0.05) is 89.7 Å². The summed E-state index contributed by atoms with van der Waals surface area (Å²) < 4.78 is 2.63. The van der Waals surface area contributed by atoms with Crippen molar-refractivity contribution in [2.75, 3.05) is 13.1 Å². The Morgan fingerprint density at radius 3 is 1.93 bits per heavy atom. The number of nitrogens with zero attached hydrogens (tertiary/aromatic N) is 3. The van der Waals surface area contributed by atoms with Crippen molar-refractivity contribution in [1.82, 2.24) is 9.13 Å². The number of nitrogens with two attached hydrogens (primary N) is 1. The maximum absolute atomic E-state index is 13.9. The van der Waals surface area contributed by atoms with Crippen LogP contribution in [-0.2, 0) is 13.1 Å². The molecule has 222 valence electrons. The molecular weight excluding hydrogens is 540 g/mol. The van der Waals surface area contributed by atoms with E-state index in [1.165, 1.54) is 22.0 Å². The summed E-state index contributed by atoms with van der Waals surface area (Å²) in [5.41, 5.74) is 5.05. The van der Waals surface area contributed by atoms with Crippen LogP contribution in [0.4, 0.5) is 0 Å². The summed E-state index contributed by atoms with van der Waals surface area (Å²) in [5.74, 6) is -0.208. The molecule has 1 aliphatic carbocycles. The van der Waals surface area contributed by atoms with Gasteiger partial charge in [0, 0.05) is 36.0 Å².